The maximum absolute atomic E-state index is 13.4. The lowest BCUT2D eigenvalue weighted by Gasteiger charge is -2.31. The molecule has 2 aromatic heterocycles. The molecule has 1 fully saturated rings. The lowest BCUT2D eigenvalue weighted by molar-refractivity contribution is 0.0908. The Morgan fingerprint density at radius 3 is 2.72 bits per heavy atom. The lowest BCUT2D eigenvalue weighted by atomic mass is 10.0. The van der Waals surface area contributed by atoms with E-state index in [9.17, 15) is 9.18 Å². The van der Waals surface area contributed by atoms with Gasteiger partial charge in [0.1, 0.15) is 5.82 Å². The number of piperidine rings is 1. The first kappa shape index (κ1) is 22.1. The van der Waals surface area contributed by atoms with Gasteiger partial charge in [-0.3, -0.25) is 19.8 Å². The third-order valence-electron chi connectivity index (χ3n) is 5.77. The highest BCUT2D eigenvalue weighted by Crippen LogP contribution is 2.19. The quantitative estimate of drug-likeness (QED) is 0.583. The summed E-state index contributed by atoms with van der Waals surface area (Å²) >= 11 is 0. The zero-order valence-corrected chi connectivity index (χ0v) is 18.6. The molecule has 0 radical (unpaired) electrons. The van der Waals surface area contributed by atoms with Crippen LogP contribution in [0, 0.1) is 11.7 Å². The van der Waals surface area contributed by atoms with Crippen molar-refractivity contribution in [2.24, 2.45) is 5.92 Å². The lowest BCUT2D eigenvalue weighted by Crippen LogP contribution is -2.44. The average molecular weight is 436 g/mol. The Bertz CT molecular complexity index is 1040. The maximum atomic E-state index is 13.4. The second-order valence-electron chi connectivity index (χ2n) is 8.95. The van der Waals surface area contributed by atoms with Crippen LogP contribution in [0.15, 0.2) is 48.7 Å². The molecular formula is C25H30FN5O. The van der Waals surface area contributed by atoms with Crippen molar-refractivity contribution >= 4 is 5.91 Å². The van der Waals surface area contributed by atoms with E-state index in [1.54, 1.807) is 30.5 Å². The summed E-state index contributed by atoms with van der Waals surface area (Å²) in [4.78, 5) is 19.4. The van der Waals surface area contributed by atoms with Crippen molar-refractivity contribution in [3.63, 3.8) is 0 Å². The van der Waals surface area contributed by atoms with Crippen LogP contribution in [0.2, 0.25) is 0 Å². The number of nitrogens with zero attached hydrogens (tertiary/aromatic N) is 3. The molecule has 3 heterocycles. The maximum Gasteiger partial charge on any atom is 0.253 e. The van der Waals surface area contributed by atoms with E-state index >= 15 is 0 Å². The second-order valence-corrected chi connectivity index (χ2v) is 8.95. The van der Waals surface area contributed by atoms with Crippen LogP contribution in [-0.4, -0.2) is 45.1 Å². The fourth-order valence-corrected chi connectivity index (χ4v) is 4.11. The number of rotatable bonds is 7. The molecule has 0 spiro atoms. The van der Waals surface area contributed by atoms with Crippen LogP contribution in [0.5, 0.6) is 0 Å². The number of H-pyrrole nitrogens is 1. The number of pyridine rings is 1. The largest absolute Gasteiger partial charge is 0.349 e. The zero-order valence-electron chi connectivity index (χ0n) is 18.6. The number of halogens is 1. The van der Waals surface area contributed by atoms with Crippen molar-refractivity contribution in [1.29, 1.82) is 0 Å². The van der Waals surface area contributed by atoms with Crippen molar-refractivity contribution in [2.75, 3.05) is 13.1 Å². The number of amides is 1. The van der Waals surface area contributed by atoms with Crippen LogP contribution in [0.1, 0.15) is 48.4 Å². The van der Waals surface area contributed by atoms with Gasteiger partial charge < -0.3 is 5.32 Å². The minimum atomic E-state index is -0.305. The van der Waals surface area contributed by atoms with Crippen LogP contribution >= 0.6 is 0 Å². The molecular weight excluding hydrogens is 405 g/mol. The van der Waals surface area contributed by atoms with Gasteiger partial charge in [-0.05, 0) is 55.5 Å². The molecule has 1 aliphatic heterocycles. The molecule has 168 valence electrons. The van der Waals surface area contributed by atoms with Crippen molar-refractivity contribution in [1.82, 2.24) is 25.4 Å². The number of benzene rings is 1. The fraction of sp³-hybridized carbons (Fsp3) is 0.400. The molecule has 1 amide bonds. The average Bonchev–Trinajstić information content (AvgIpc) is 3.21. The zero-order chi connectivity index (χ0) is 22.5. The first-order valence-corrected chi connectivity index (χ1v) is 11.2. The molecule has 0 saturated carbocycles. The second kappa shape index (κ2) is 10.0. The minimum absolute atomic E-state index is 0.118. The van der Waals surface area contributed by atoms with E-state index in [2.05, 4.69) is 45.3 Å². The highest BCUT2D eigenvalue weighted by Gasteiger charge is 2.22. The van der Waals surface area contributed by atoms with E-state index in [1.807, 2.05) is 0 Å². The molecule has 4 rings (SSSR count). The molecule has 7 heteroatoms. The number of nitrogens with one attached hydrogen (secondary N) is 2. The summed E-state index contributed by atoms with van der Waals surface area (Å²) < 4.78 is 13.4. The summed E-state index contributed by atoms with van der Waals surface area (Å²) in [5, 5.41) is 10.7. The van der Waals surface area contributed by atoms with E-state index in [1.165, 1.54) is 17.8 Å². The molecule has 2 N–H and O–H groups in total. The van der Waals surface area contributed by atoms with Gasteiger partial charge in [0.25, 0.3) is 5.91 Å². The SMILES string of the molecule is CC(C)Cc1cc(CN2CCC(NC(=O)c3ccc(-c4cccc(F)c4)nc3)CC2)n[nH]1. The summed E-state index contributed by atoms with van der Waals surface area (Å²) in [5.41, 5.74) is 4.12. The normalized spacial score (nSPS) is 15.2. The Morgan fingerprint density at radius 2 is 2.03 bits per heavy atom. The van der Waals surface area contributed by atoms with Gasteiger partial charge in [0.05, 0.1) is 17.0 Å². The van der Waals surface area contributed by atoms with Crippen LogP contribution in [0.25, 0.3) is 11.3 Å². The van der Waals surface area contributed by atoms with Gasteiger partial charge in [-0.15, -0.1) is 0 Å². The van der Waals surface area contributed by atoms with Crippen LogP contribution in [0.4, 0.5) is 4.39 Å². The van der Waals surface area contributed by atoms with Crippen molar-refractivity contribution in [2.45, 2.75) is 45.7 Å². The smallest absolute Gasteiger partial charge is 0.253 e. The predicted molar refractivity (Wildman–Crippen MR) is 123 cm³/mol. The standard InChI is InChI=1S/C25H30FN5O/c1-17(2)12-22-14-23(30-29-22)16-31-10-8-21(9-11-31)28-25(32)19-6-7-24(27-15-19)18-4-3-5-20(26)13-18/h3-7,13-15,17,21H,8-12,16H2,1-2H3,(H,28,32)(H,29,30). The van der Waals surface area contributed by atoms with Gasteiger partial charge in [-0.1, -0.05) is 26.0 Å². The Morgan fingerprint density at radius 1 is 1.22 bits per heavy atom. The van der Waals surface area contributed by atoms with Crippen LogP contribution < -0.4 is 5.32 Å². The van der Waals surface area contributed by atoms with E-state index in [-0.39, 0.29) is 17.8 Å². The molecule has 1 aromatic carbocycles. The molecule has 1 aliphatic rings. The van der Waals surface area contributed by atoms with Gasteiger partial charge in [0.15, 0.2) is 0 Å². The summed E-state index contributed by atoms with van der Waals surface area (Å²) in [7, 11) is 0. The fourth-order valence-electron chi connectivity index (χ4n) is 4.11. The molecule has 3 aromatic rings. The third kappa shape index (κ3) is 5.79. The van der Waals surface area contributed by atoms with E-state index in [0.717, 1.165) is 44.6 Å². The van der Waals surface area contributed by atoms with Crippen molar-refractivity contribution < 1.29 is 9.18 Å². The minimum Gasteiger partial charge on any atom is -0.349 e. The Labute approximate surface area is 188 Å². The summed E-state index contributed by atoms with van der Waals surface area (Å²) in [6.07, 6.45) is 4.38. The molecule has 6 nitrogen and oxygen atoms in total. The van der Waals surface area contributed by atoms with Gasteiger partial charge >= 0.3 is 0 Å². The van der Waals surface area contributed by atoms with Crippen molar-refractivity contribution in [3.05, 3.63) is 71.4 Å². The Hall–Kier alpha value is -3.06. The Kier molecular flexibility index (Phi) is 6.95. The number of carbonyl (C=O) groups excluding carboxylic acids is 1. The summed E-state index contributed by atoms with van der Waals surface area (Å²) in [5.74, 6) is 0.184. The predicted octanol–water partition coefficient (Wildman–Crippen LogP) is 4.20. The van der Waals surface area contributed by atoms with Crippen LogP contribution in [0.3, 0.4) is 0 Å². The first-order valence-electron chi connectivity index (χ1n) is 11.2. The van der Waals surface area contributed by atoms with Gasteiger partial charge in [0, 0.05) is 43.1 Å². The van der Waals surface area contributed by atoms with Gasteiger partial charge in [0.2, 0.25) is 0 Å². The van der Waals surface area contributed by atoms with E-state index < -0.39 is 0 Å². The number of aromatic amines is 1. The number of hydrogen-bond donors (Lipinski definition) is 2. The van der Waals surface area contributed by atoms with Crippen molar-refractivity contribution in [3.8, 4) is 11.3 Å². The summed E-state index contributed by atoms with van der Waals surface area (Å²) in [6, 6.07) is 12.1. The highest BCUT2D eigenvalue weighted by molar-refractivity contribution is 5.94. The number of hydrogen-bond acceptors (Lipinski definition) is 4. The number of aromatic nitrogens is 3. The highest BCUT2D eigenvalue weighted by atomic mass is 19.1. The first-order chi connectivity index (χ1) is 15.5. The monoisotopic (exact) mass is 435 g/mol. The molecule has 0 unspecified atom stereocenters. The Balaban J connectivity index is 1.26. The molecule has 0 atom stereocenters. The summed E-state index contributed by atoms with van der Waals surface area (Å²) in [6.45, 7) is 7.09. The molecule has 32 heavy (non-hydrogen) atoms. The molecule has 0 aliphatic carbocycles. The number of carbonyl (C=O) groups is 1. The molecule has 0 bridgehead atoms. The topological polar surface area (TPSA) is 73.9 Å². The van der Waals surface area contributed by atoms with E-state index in [4.69, 9.17) is 0 Å². The van der Waals surface area contributed by atoms with Crippen LogP contribution in [-0.2, 0) is 13.0 Å². The van der Waals surface area contributed by atoms with Gasteiger partial charge in [-0.2, -0.15) is 5.10 Å². The van der Waals surface area contributed by atoms with E-state index in [0.29, 0.717) is 22.7 Å². The van der Waals surface area contributed by atoms with Gasteiger partial charge in [-0.25, -0.2) is 4.39 Å². The molecule has 1 saturated heterocycles. The number of likely N-dealkylation sites (tertiary alicyclic amines) is 1. The third-order valence-corrected chi connectivity index (χ3v) is 5.77.